The minimum atomic E-state index is 0.650. The summed E-state index contributed by atoms with van der Waals surface area (Å²) in [6, 6.07) is 6.29. The van der Waals surface area contributed by atoms with Gasteiger partial charge in [-0.2, -0.15) is 0 Å². The predicted molar refractivity (Wildman–Crippen MR) is 56.6 cm³/mol. The first-order chi connectivity index (χ1) is 6.18. The number of likely N-dealkylation sites (N-methyl/N-ethyl adjacent to an activating group) is 1. The molecule has 1 aliphatic heterocycles. The third kappa shape index (κ3) is 1.28. The van der Waals surface area contributed by atoms with E-state index in [0.29, 0.717) is 5.70 Å². The molecule has 68 valence electrons. The second-order valence-electron chi connectivity index (χ2n) is 3.54. The molecule has 13 heavy (non-hydrogen) atoms. The first-order valence-electron chi connectivity index (χ1n) is 4.47. The minimum Gasteiger partial charge on any atom is -0.399 e. The van der Waals surface area contributed by atoms with Gasteiger partial charge in [0.05, 0.1) is 0 Å². The summed E-state index contributed by atoms with van der Waals surface area (Å²) in [6.07, 6.45) is 1.12. The Labute approximate surface area is 78.7 Å². The SMILES string of the molecule is C=C(N)c1ccc2c(c1)CCN2C. The van der Waals surface area contributed by atoms with Crippen LogP contribution in [0.3, 0.4) is 0 Å². The summed E-state index contributed by atoms with van der Waals surface area (Å²) in [5.74, 6) is 0. The molecule has 0 saturated heterocycles. The first kappa shape index (κ1) is 8.17. The molecular formula is C11H14N2. The van der Waals surface area contributed by atoms with Crippen molar-refractivity contribution in [1.82, 2.24) is 0 Å². The molecule has 1 aromatic rings. The monoisotopic (exact) mass is 174 g/mol. The molecule has 0 amide bonds. The van der Waals surface area contributed by atoms with Gasteiger partial charge in [0.1, 0.15) is 0 Å². The predicted octanol–water partition coefficient (Wildman–Crippen LogP) is 1.61. The van der Waals surface area contributed by atoms with E-state index in [2.05, 4.69) is 30.7 Å². The molecule has 2 heteroatoms. The Hall–Kier alpha value is -1.44. The number of anilines is 1. The van der Waals surface area contributed by atoms with Gasteiger partial charge in [-0.25, -0.2) is 0 Å². The maximum Gasteiger partial charge on any atom is 0.0397 e. The molecule has 0 radical (unpaired) electrons. The average Bonchev–Trinajstić information content (AvgIpc) is 2.47. The van der Waals surface area contributed by atoms with Gasteiger partial charge in [-0.05, 0) is 29.7 Å². The number of fused-ring (bicyclic) bond motifs is 1. The van der Waals surface area contributed by atoms with E-state index < -0.39 is 0 Å². The third-order valence-electron chi connectivity index (χ3n) is 2.58. The van der Waals surface area contributed by atoms with Crippen LogP contribution in [-0.2, 0) is 6.42 Å². The van der Waals surface area contributed by atoms with E-state index in [4.69, 9.17) is 5.73 Å². The van der Waals surface area contributed by atoms with Gasteiger partial charge in [0.2, 0.25) is 0 Å². The molecule has 0 saturated carbocycles. The van der Waals surface area contributed by atoms with Crippen LogP contribution in [0.2, 0.25) is 0 Å². The molecule has 0 spiro atoms. The number of hydrogen-bond acceptors (Lipinski definition) is 2. The quantitative estimate of drug-likeness (QED) is 0.700. The van der Waals surface area contributed by atoms with Crippen LogP contribution in [0.5, 0.6) is 0 Å². The Morgan fingerprint density at radius 2 is 2.31 bits per heavy atom. The number of rotatable bonds is 1. The van der Waals surface area contributed by atoms with Crippen molar-refractivity contribution in [2.24, 2.45) is 5.73 Å². The second-order valence-corrected chi connectivity index (χ2v) is 3.54. The van der Waals surface area contributed by atoms with Crippen LogP contribution in [0.4, 0.5) is 5.69 Å². The Bertz CT molecular complexity index is 355. The lowest BCUT2D eigenvalue weighted by Crippen LogP contribution is -2.12. The Morgan fingerprint density at radius 1 is 1.54 bits per heavy atom. The smallest absolute Gasteiger partial charge is 0.0397 e. The molecule has 1 heterocycles. The summed E-state index contributed by atoms with van der Waals surface area (Å²) in [4.78, 5) is 2.26. The third-order valence-corrected chi connectivity index (χ3v) is 2.58. The normalized spacial score (nSPS) is 14.4. The Balaban J connectivity index is 2.45. The molecule has 2 N–H and O–H groups in total. The van der Waals surface area contributed by atoms with Crippen molar-refractivity contribution in [3.8, 4) is 0 Å². The molecule has 2 rings (SSSR count). The lowest BCUT2D eigenvalue weighted by molar-refractivity contribution is 0.956. The highest BCUT2D eigenvalue weighted by Gasteiger charge is 2.15. The van der Waals surface area contributed by atoms with Crippen LogP contribution in [0.1, 0.15) is 11.1 Å². The van der Waals surface area contributed by atoms with E-state index in [-0.39, 0.29) is 0 Å². The van der Waals surface area contributed by atoms with Gasteiger partial charge in [0, 0.05) is 25.0 Å². The van der Waals surface area contributed by atoms with Crippen molar-refractivity contribution < 1.29 is 0 Å². The van der Waals surface area contributed by atoms with Crippen LogP contribution in [0.25, 0.3) is 5.70 Å². The fourth-order valence-corrected chi connectivity index (χ4v) is 1.77. The second kappa shape index (κ2) is 2.80. The highest BCUT2D eigenvalue weighted by atomic mass is 15.1. The number of benzene rings is 1. The largest absolute Gasteiger partial charge is 0.399 e. The van der Waals surface area contributed by atoms with E-state index >= 15 is 0 Å². The lowest BCUT2D eigenvalue weighted by atomic mass is 10.1. The van der Waals surface area contributed by atoms with Gasteiger partial charge in [0.25, 0.3) is 0 Å². The fraction of sp³-hybridized carbons (Fsp3) is 0.273. The summed E-state index contributed by atoms with van der Waals surface area (Å²) in [6.45, 7) is 4.84. The molecule has 0 aromatic heterocycles. The van der Waals surface area contributed by atoms with E-state index in [9.17, 15) is 0 Å². The van der Waals surface area contributed by atoms with E-state index in [1.165, 1.54) is 11.3 Å². The van der Waals surface area contributed by atoms with E-state index in [0.717, 1.165) is 18.5 Å². The van der Waals surface area contributed by atoms with Gasteiger partial charge >= 0.3 is 0 Å². The van der Waals surface area contributed by atoms with Crippen LogP contribution < -0.4 is 10.6 Å². The zero-order valence-corrected chi connectivity index (χ0v) is 7.88. The summed E-state index contributed by atoms with van der Waals surface area (Å²) < 4.78 is 0. The van der Waals surface area contributed by atoms with Gasteiger partial charge in [-0.3, -0.25) is 0 Å². The van der Waals surface area contributed by atoms with Gasteiger partial charge in [-0.15, -0.1) is 0 Å². The molecule has 0 aliphatic carbocycles. The number of nitrogens with two attached hydrogens (primary N) is 1. The molecule has 0 unspecified atom stereocenters. The van der Waals surface area contributed by atoms with E-state index in [1.807, 2.05) is 6.07 Å². The van der Waals surface area contributed by atoms with Crippen molar-refractivity contribution in [2.45, 2.75) is 6.42 Å². The van der Waals surface area contributed by atoms with Crippen molar-refractivity contribution in [1.29, 1.82) is 0 Å². The number of nitrogens with zero attached hydrogens (tertiary/aromatic N) is 1. The van der Waals surface area contributed by atoms with E-state index in [1.54, 1.807) is 0 Å². The van der Waals surface area contributed by atoms with Crippen LogP contribution >= 0.6 is 0 Å². The summed E-state index contributed by atoms with van der Waals surface area (Å²) in [7, 11) is 2.11. The minimum absolute atomic E-state index is 0.650. The molecule has 0 atom stereocenters. The standard InChI is InChI=1S/C11H14N2/c1-8(12)9-3-4-11-10(7-9)5-6-13(11)2/h3-4,7H,1,5-6,12H2,2H3. The molecule has 1 aliphatic rings. The fourth-order valence-electron chi connectivity index (χ4n) is 1.77. The molecule has 0 fully saturated rings. The van der Waals surface area contributed by atoms with Crippen LogP contribution in [0, 0.1) is 0 Å². The van der Waals surface area contributed by atoms with Gasteiger partial charge in [-0.1, -0.05) is 12.6 Å². The number of hydrogen-bond donors (Lipinski definition) is 1. The van der Waals surface area contributed by atoms with Gasteiger partial charge < -0.3 is 10.6 Å². The zero-order valence-electron chi connectivity index (χ0n) is 7.88. The van der Waals surface area contributed by atoms with Crippen molar-refractivity contribution in [2.75, 3.05) is 18.5 Å². The van der Waals surface area contributed by atoms with Crippen molar-refractivity contribution in [3.05, 3.63) is 35.9 Å². The van der Waals surface area contributed by atoms with Crippen molar-refractivity contribution in [3.63, 3.8) is 0 Å². The molecule has 0 bridgehead atoms. The maximum absolute atomic E-state index is 5.63. The maximum atomic E-state index is 5.63. The highest BCUT2D eigenvalue weighted by molar-refractivity contribution is 5.67. The van der Waals surface area contributed by atoms with Crippen molar-refractivity contribution >= 4 is 11.4 Å². The highest BCUT2D eigenvalue weighted by Crippen LogP contribution is 2.28. The molecule has 1 aromatic carbocycles. The molecule has 2 nitrogen and oxygen atoms in total. The zero-order chi connectivity index (χ0) is 9.42. The Morgan fingerprint density at radius 3 is 3.00 bits per heavy atom. The van der Waals surface area contributed by atoms with Crippen LogP contribution in [0.15, 0.2) is 24.8 Å². The van der Waals surface area contributed by atoms with Crippen LogP contribution in [-0.4, -0.2) is 13.6 Å². The topological polar surface area (TPSA) is 29.3 Å². The summed E-state index contributed by atoms with van der Waals surface area (Å²) >= 11 is 0. The molecular weight excluding hydrogens is 160 g/mol. The summed E-state index contributed by atoms with van der Waals surface area (Å²) in [5, 5.41) is 0. The Kier molecular flexibility index (Phi) is 1.76. The first-order valence-corrected chi connectivity index (χ1v) is 4.47. The average molecular weight is 174 g/mol. The summed E-state index contributed by atoms with van der Waals surface area (Å²) in [5.41, 5.74) is 10.0. The van der Waals surface area contributed by atoms with Gasteiger partial charge in [0.15, 0.2) is 0 Å². The lowest BCUT2D eigenvalue weighted by Gasteiger charge is -2.11.